The summed E-state index contributed by atoms with van der Waals surface area (Å²) in [4.78, 5) is -0.0551. The molecule has 1 heterocycles. The van der Waals surface area contributed by atoms with Crippen LogP contribution in [0.4, 0.5) is 5.69 Å². The summed E-state index contributed by atoms with van der Waals surface area (Å²) in [5.41, 5.74) is 2.94. The quantitative estimate of drug-likeness (QED) is 0.635. The summed E-state index contributed by atoms with van der Waals surface area (Å²) in [6, 6.07) is 7.67. The number of benzene rings is 2. The van der Waals surface area contributed by atoms with Gasteiger partial charge >= 0.3 is 0 Å². The number of anilines is 1. The smallest absolute Gasteiger partial charge is 0.265 e. The highest BCUT2D eigenvalue weighted by Crippen LogP contribution is 2.44. The molecule has 0 spiro atoms. The molecule has 7 nitrogen and oxygen atoms in total. The average molecular weight is 477 g/mol. The van der Waals surface area contributed by atoms with Gasteiger partial charge in [-0.2, -0.15) is 13.5 Å². The SMILES string of the molecule is Cc1cc(Cl)c(Cl)c(-c2ccc(S(=O)(=O)CCS(=O)(=O)O)cc2)c1N1CCC=N1. The molecule has 0 saturated heterocycles. The highest BCUT2D eigenvalue weighted by molar-refractivity contribution is 7.93. The van der Waals surface area contributed by atoms with E-state index in [1.165, 1.54) is 12.1 Å². The zero-order valence-electron chi connectivity index (χ0n) is 15.3. The number of halogens is 2. The first-order valence-electron chi connectivity index (χ1n) is 8.56. The van der Waals surface area contributed by atoms with Crippen LogP contribution in [0.3, 0.4) is 0 Å². The van der Waals surface area contributed by atoms with Crippen molar-refractivity contribution in [2.45, 2.75) is 18.2 Å². The van der Waals surface area contributed by atoms with Crippen molar-refractivity contribution in [2.75, 3.05) is 23.1 Å². The summed E-state index contributed by atoms with van der Waals surface area (Å²) in [6.07, 6.45) is 2.60. The number of aryl methyl sites for hydroxylation is 1. The van der Waals surface area contributed by atoms with Crippen LogP contribution >= 0.6 is 23.2 Å². The number of rotatable bonds is 6. The third kappa shape index (κ3) is 4.92. The molecule has 0 saturated carbocycles. The number of hydrazone groups is 1. The predicted octanol–water partition coefficient (Wildman–Crippen LogP) is 3.83. The van der Waals surface area contributed by atoms with E-state index in [9.17, 15) is 16.8 Å². The molecule has 0 radical (unpaired) electrons. The Morgan fingerprint density at radius 1 is 1.10 bits per heavy atom. The van der Waals surface area contributed by atoms with Crippen LogP contribution in [0.15, 0.2) is 40.3 Å². The van der Waals surface area contributed by atoms with E-state index < -0.39 is 31.5 Å². The summed E-state index contributed by atoms with van der Waals surface area (Å²) in [5.74, 6) is -1.58. The lowest BCUT2D eigenvalue weighted by atomic mass is 10.00. The van der Waals surface area contributed by atoms with Gasteiger partial charge in [0.25, 0.3) is 10.1 Å². The lowest BCUT2D eigenvalue weighted by Crippen LogP contribution is -2.16. The molecule has 0 aliphatic carbocycles. The zero-order chi connectivity index (χ0) is 21.4. The van der Waals surface area contributed by atoms with Gasteiger partial charge in [0.2, 0.25) is 0 Å². The van der Waals surface area contributed by atoms with Gasteiger partial charge < -0.3 is 0 Å². The van der Waals surface area contributed by atoms with Crippen LogP contribution in [0.1, 0.15) is 12.0 Å². The van der Waals surface area contributed by atoms with Gasteiger partial charge in [-0.05, 0) is 36.2 Å². The van der Waals surface area contributed by atoms with Crippen molar-refractivity contribution in [1.82, 2.24) is 0 Å². The molecular weight excluding hydrogens is 459 g/mol. The molecule has 1 aliphatic heterocycles. The van der Waals surface area contributed by atoms with E-state index in [4.69, 9.17) is 27.8 Å². The van der Waals surface area contributed by atoms with Gasteiger partial charge in [0, 0.05) is 24.7 Å². The Bertz CT molecular complexity index is 1180. The molecule has 2 aromatic rings. The molecule has 0 amide bonds. The normalized spacial score (nSPS) is 14.6. The second kappa shape index (κ2) is 8.23. The van der Waals surface area contributed by atoms with Crippen molar-refractivity contribution in [3.8, 4) is 11.1 Å². The topological polar surface area (TPSA) is 104 Å². The first kappa shape index (κ1) is 22.0. The minimum Gasteiger partial charge on any atom is -0.286 e. The average Bonchev–Trinajstić information content (AvgIpc) is 3.17. The Morgan fingerprint density at radius 3 is 2.31 bits per heavy atom. The second-order valence-corrected chi connectivity index (χ2v) is 11.0. The summed E-state index contributed by atoms with van der Waals surface area (Å²) >= 11 is 12.8. The van der Waals surface area contributed by atoms with Crippen molar-refractivity contribution < 1.29 is 21.4 Å². The monoisotopic (exact) mass is 476 g/mol. The maximum absolute atomic E-state index is 12.3. The standard InChI is InChI=1S/C18H18Cl2N2O5S2/c1-12-11-15(19)17(20)16(18(12)22-8-2-7-21-22)13-3-5-14(6-4-13)28(23,24)9-10-29(25,26)27/h3-7,11H,2,8-10H2,1H3,(H,25,26,27). The maximum atomic E-state index is 12.3. The summed E-state index contributed by atoms with van der Waals surface area (Å²) in [5, 5.41) is 6.88. The molecule has 29 heavy (non-hydrogen) atoms. The molecule has 0 fully saturated rings. The van der Waals surface area contributed by atoms with Gasteiger partial charge in [0.15, 0.2) is 9.84 Å². The van der Waals surface area contributed by atoms with Crippen LogP contribution in [0.25, 0.3) is 11.1 Å². The van der Waals surface area contributed by atoms with Crippen molar-refractivity contribution in [2.24, 2.45) is 5.10 Å². The summed E-state index contributed by atoms with van der Waals surface area (Å²) in [6.45, 7) is 2.58. The third-order valence-electron chi connectivity index (χ3n) is 4.44. The van der Waals surface area contributed by atoms with E-state index in [1.54, 1.807) is 24.4 Å². The molecule has 1 aliphatic rings. The summed E-state index contributed by atoms with van der Waals surface area (Å²) in [7, 11) is -8.25. The lowest BCUT2D eigenvalue weighted by Gasteiger charge is -2.23. The van der Waals surface area contributed by atoms with Crippen molar-refractivity contribution in [3.63, 3.8) is 0 Å². The van der Waals surface area contributed by atoms with Crippen LogP contribution < -0.4 is 5.01 Å². The molecule has 0 unspecified atom stereocenters. The molecule has 11 heteroatoms. The first-order valence-corrected chi connectivity index (χ1v) is 12.6. The van der Waals surface area contributed by atoms with Crippen molar-refractivity contribution >= 4 is 55.1 Å². The minimum absolute atomic E-state index is 0.0551. The van der Waals surface area contributed by atoms with Crippen molar-refractivity contribution in [1.29, 1.82) is 0 Å². The van der Waals surface area contributed by atoms with Crippen LogP contribution in [0, 0.1) is 6.92 Å². The van der Waals surface area contributed by atoms with E-state index in [0.29, 0.717) is 27.7 Å². The molecule has 3 rings (SSSR count). The second-order valence-electron chi connectivity index (χ2n) is 6.55. The Morgan fingerprint density at radius 2 is 1.76 bits per heavy atom. The fourth-order valence-electron chi connectivity index (χ4n) is 3.06. The highest BCUT2D eigenvalue weighted by atomic mass is 35.5. The number of hydrogen-bond donors (Lipinski definition) is 1. The Kier molecular flexibility index (Phi) is 6.26. The van der Waals surface area contributed by atoms with Gasteiger partial charge in [-0.15, -0.1) is 0 Å². The van der Waals surface area contributed by atoms with Gasteiger partial charge in [-0.3, -0.25) is 9.56 Å². The van der Waals surface area contributed by atoms with Gasteiger partial charge in [0.1, 0.15) is 0 Å². The van der Waals surface area contributed by atoms with Crippen LogP contribution in [0.2, 0.25) is 10.0 Å². The Labute approximate surface area is 179 Å². The third-order valence-corrected chi connectivity index (χ3v) is 7.94. The van der Waals surface area contributed by atoms with Crippen LogP contribution in [-0.2, 0) is 20.0 Å². The number of sulfone groups is 1. The van der Waals surface area contributed by atoms with Gasteiger partial charge in [-0.1, -0.05) is 35.3 Å². The number of nitrogens with zero attached hydrogens (tertiary/aromatic N) is 2. The lowest BCUT2D eigenvalue weighted by molar-refractivity contribution is 0.484. The largest absolute Gasteiger partial charge is 0.286 e. The molecule has 2 aromatic carbocycles. The van der Waals surface area contributed by atoms with Gasteiger partial charge in [-0.25, -0.2) is 8.42 Å². The molecular formula is C18H18Cl2N2O5S2. The van der Waals surface area contributed by atoms with E-state index in [-0.39, 0.29) is 4.90 Å². The number of hydrogen-bond acceptors (Lipinski definition) is 6. The Hall–Kier alpha value is -1.65. The van der Waals surface area contributed by atoms with Gasteiger partial charge in [0.05, 0.1) is 32.1 Å². The zero-order valence-corrected chi connectivity index (χ0v) is 18.5. The predicted molar refractivity (Wildman–Crippen MR) is 116 cm³/mol. The van der Waals surface area contributed by atoms with E-state index >= 15 is 0 Å². The maximum Gasteiger partial charge on any atom is 0.265 e. The molecule has 0 aromatic heterocycles. The molecule has 0 atom stereocenters. The fraction of sp³-hybridized carbons (Fsp3) is 0.278. The molecule has 1 N–H and O–H groups in total. The van der Waals surface area contributed by atoms with E-state index in [0.717, 1.165) is 17.7 Å². The van der Waals surface area contributed by atoms with Crippen molar-refractivity contribution in [3.05, 3.63) is 45.9 Å². The first-order chi connectivity index (χ1) is 13.5. The fourth-order valence-corrected chi connectivity index (χ4v) is 6.08. The van der Waals surface area contributed by atoms with E-state index in [2.05, 4.69) is 5.10 Å². The Balaban J connectivity index is 2.03. The van der Waals surface area contributed by atoms with E-state index in [1.807, 2.05) is 11.9 Å². The summed E-state index contributed by atoms with van der Waals surface area (Å²) < 4.78 is 55.2. The minimum atomic E-state index is -4.38. The van der Waals surface area contributed by atoms with Crippen LogP contribution in [-0.4, -0.2) is 45.7 Å². The van der Waals surface area contributed by atoms with Crippen LogP contribution in [0.5, 0.6) is 0 Å². The molecule has 0 bridgehead atoms. The molecule has 156 valence electrons. The highest BCUT2D eigenvalue weighted by Gasteiger charge is 2.23.